The van der Waals surface area contributed by atoms with Crippen LogP contribution in [0.15, 0.2) is 18.2 Å². The van der Waals surface area contributed by atoms with Crippen molar-refractivity contribution < 1.29 is 4.74 Å². The maximum absolute atomic E-state index is 5.61. The molecule has 0 bridgehead atoms. The Morgan fingerprint density at radius 3 is 3.20 bits per heavy atom. The summed E-state index contributed by atoms with van der Waals surface area (Å²) in [6, 6.07) is 6.46. The van der Waals surface area contributed by atoms with Crippen LogP contribution >= 0.6 is 0 Å². The molecule has 0 atom stereocenters. The van der Waals surface area contributed by atoms with Crippen molar-refractivity contribution in [2.45, 2.75) is 32.8 Å². The van der Waals surface area contributed by atoms with Crippen LogP contribution in [0.4, 0.5) is 5.69 Å². The van der Waals surface area contributed by atoms with Gasteiger partial charge in [0.25, 0.3) is 0 Å². The average molecular weight is 205 g/mol. The molecule has 1 N–H and O–H groups in total. The minimum absolute atomic E-state index is 0.763. The lowest BCUT2D eigenvalue weighted by Crippen LogP contribution is -2.13. The molecule has 0 unspecified atom stereocenters. The van der Waals surface area contributed by atoms with E-state index < -0.39 is 0 Å². The third-order valence-corrected chi connectivity index (χ3v) is 2.80. The van der Waals surface area contributed by atoms with Crippen molar-refractivity contribution in [3.8, 4) is 0 Å². The first-order chi connectivity index (χ1) is 7.42. The van der Waals surface area contributed by atoms with Crippen LogP contribution in [-0.4, -0.2) is 13.2 Å². The fraction of sp³-hybridized carbons (Fsp3) is 0.538. The summed E-state index contributed by atoms with van der Waals surface area (Å²) in [5.41, 5.74) is 4.12. The maximum atomic E-state index is 5.61. The summed E-state index contributed by atoms with van der Waals surface area (Å²) in [6.45, 7) is 4.87. The van der Waals surface area contributed by atoms with Crippen LogP contribution in [0.2, 0.25) is 0 Å². The van der Waals surface area contributed by atoms with Crippen molar-refractivity contribution in [3.63, 3.8) is 0 Å². The fourth-order valence-electron chi connectivity index (χ4n) is 2.05. The maximum Gasteiger partial charge on any atom is 0.0720 e. The monoisotopic (exact) mass is 205 g/mol. The first kappa shape index (κ1) is 10.5. The van der Waals surface area contributed by atoms with E-state index in [0.717, 1.165) is 26.2 Å². The minimum Gasteiger partial charge on any atom is -0.385 e. The van der Waals surface area contributed by atoms with E-state index in [1.165, 1.54) is 29.7 Å². The van der Waals surface area contributed by atoms with E-state index in [1.807, 2.05) is 0 Å². The van der Waals surface area contributed by atoms with Crippen LogP contribution in [0.3, 0.4) is 0 Å². The second-order valence-corrected chi connectivity index (χ2v) is 4.03. The van der Waals surface area contributed by atoms with E-state index in [0.29, 0.717) is 0 Å². The third-order valence-electron chi connectivity index (χ3n) is 2.80. The Bertz CT molecular complexity index is 322. The summed E-state index contributed by atoms with van der Waals surface area (Å²) < 4.78 is 5.61. The lowest BCUT2D eigenvalue weighted by atomic mass is 9.98. The molecule has 0 aromatic heterocycles. The lowest BCUT2D eigenvalue weighted by molar-refractivity contribution is 0.121. The van der Waals surface area contributed by atoms with Crippen LogP contribution in [0, 0.1) is 0 Å². The highest BCUT2D eigenvalue weighted by Gasteiger charge is 2.11. The van der Waals surface area contributed by atoms with Crippen LogP contribution in [0.1, 0.15) is 30.9 Å². The zero-order chi connectivity index (χ0) is 10.5. The highest BCUT2D eigenvalue weighted by atomic mass is 16.5. The molecule has 2 heteroatoms. The topological polar surface area (TPSA) is 21.3 Å². The number of ether oxygens (including phenoxy) is 1. The molecule has 1 aromatic rings. The zero-order valence-corrected chi connectivity index (χ0v) is 9.38. The van der Waals surface area contributed by atoms with E-state index in [-0.39, 0.29) is 0 Å². The fourth-order valence-corrected chi connectivity index (χ4v) is 2.05. The van der Waals surface area contributed by atoms with Crippen molar-refractivity contribution in [1.82, 2.24) is 0 Å². The van der Waals surface area contributed by atoms with Gasteiger partial charge in [0.05, 0.1) is 6.61 Å². The standard InChI is InChI=1S/C13H19NO/c1-2-9-15-10-11-5-3-7-13-12(11)6-4-8-14-13/h3,5,7,14H,2,4,6,8-10H2,1H3. The van der Waals surface area contributed by atoms with Crippen LogP contribution in [0.25, 0.3) is 0 Å². The van der Waals surface area contributed by atoms with Gasteiger partial charge in [-0.1, -0.05) is 19.1 Å². The van der Waals surface area contributed by atoms with Gasteiger partial charge in [-0.25, -0.2) is 0 Å². The van der Waals surface area contributed by atoms with Crippen LogP contribution in [-0.2, 0) is 17.8 Å². The Morgan fingerprint density at radius 2 is 2.33 bits per heavy atom. The Kier molecular flexibility index (Phi) is 3.62. The number of rotatable bonds is 4. The molecule has 0 fully saturated rings. The normalized spacial score (nSPS) is 14.5. The van der Waals surface area contributed by atoms with Gasteiger partial charge < -0.3 is 10.1 Å². The number of anilines is 1. The van der Waals surface area contributed by atoms with E-state index in [1.54, 1.807) is 0 Å². The molecule has 1 aliphatic heterocycles. The Hall–Kier alpha value is -1.02. The second kappa shape index (κ2) is 5.17. The molecule has 1 aromatic carbocycles. The molecule has 82 valence electrons. The van der Waals surface area contributed by atoms with Gasteiger partial charge in [0.2, 0.25) is 0 Å². The van der Waals surface area contributed by atoms with Gasteiger partial charge in [0, 0.05) is 18.8 Å². The smallest absolute Gasteiger partial charge is 0.0720 e. The number of fused-ring (bicyclic) bond motifs is 1. The summed E-state index contributed by atoms with van der Waals surface area (Å²) in [5.74, 6) is 0. The van der Waals surface area contributed by atoms with Gasteiger partial charge in [-0.15, -0.1) is 0 Å². The summed E-state index contributed by atoms with van der Waals surface area (Å²) in [7, 11) is 0. The van der Waals surface area contributed by atoms with E-state index in [4.69, 9.17) is 4.74 Å². The van der Waals surface area contributed by atoms with Crippen molar-refractivity contribution in [2.75, 3.05) is 18.5 Å². The third kappa shape index (κ3) is 2.51. The summed E-state index contributed by atoms with van der Waals surface area (Å²) in [6.07, 6.45) is 3.51. The molecule has 0 aliphatic carbocycles. The van der Waals surface area contributed by atoms with Crippen molar-refractivity contribution in [2.24, 2.45) is 0 Å². The molecular formula is C13H19NO. The first-order valence-corrected chi connectivity index (χ1v) is 5.84. The highest BCUT2D eigenvalue weighted by Crippen LogP contribution is 2.25. The molecule has 0 saturated heterocycles. The molecule has 0 radical (unpaired) electrons. The minimum atomic E-state index is 0.763. The predicted molar refractivity (Wildman–Crippen MR) is 63.2 cm³/mol. The summed E-state index contributed by atoms with van der Waals surface area (Å²) in [5, 5.41) is 3.44. The summed E-state index contributed by atoms with van der Waals surface area (Å²) >= 11 is 0. The second-order valence-electron chi connectivity index (χ2n) is 4.03. The van der Waals surface area contributed by atoms with Gasteiger partial charge in [0.1, 0.15) is 0 Å². The molecule has 0 spiro atoms. The Morgan fingerprint density at radius 1 is 1.40 bits per heavy atom. The van der Waals surface area contributed by atoms with Crippen molar-refractivity contribution >= 4 is 5.69 Å². The SMILES string of the molecule is CCCOCc1cccc2c1CCCN2. The van der Waals surface area contributed by atoms with Gasteiger partial charge in [-0.05, 0) is 36.5 Å². The molecule has 0 saturated carbocycles. The number of hydrogen-bond acceptors (Lipinski definition) is 2. The Balaban J connectivity index is 2.09. The van der Waals surface area contributed by atoms with Crippen LogP contribution < -0.4 is 5.32 Å². The van der Waals surface area contributed by atoms with Gasteiger partial charge in [0.15, 0.2) is 0 Å². The molecular weight excluding hydrogens is 186 g/mol. The predicted octanol–water partition coefficient (Wildman–Crippen LogP) is 2.97. The van der Waals surface area contributed by atoms with E-state index in [2.05, 4.69) is 30.4 Å². The van der Waals surface area contributed by atoms with Crippen molar-refractivity contribution in [3.05, 3.63) is 29.3 Å². The first-order valence-electron chi connectivity index (χ1n) is 5.84. The largest absolute Gasteiger partial charge is 0.385 e. The van der Waals surface area contributed by atoms with E-state index >= 15 is 0 Å². The zero-order valence-electron chi connectivity index (χ0n) is 9.38. The van der Waals surface area contributed by atoms with Gasteiger partial charge in [-0.3, -0.25) is 0 Å². The molecule has 1 heterocycles. The Labute approximate surface area is 91.6 Å². The van der Waals surface area contributed by atoms with Crippen molar-refractivity contribution in [1.29, 1.82) is 0 Å². The highest BCUT2D eigenvalue weighted by molar-refractivity contribution is 5.56. The molecule has 2 rings (SSSR count). The molecule has 0 amide bonds. The molecule has 2 nitrogen and oxygen atoms in total. The average Bonchev–Trinajstić information content (AvgIpc) is 2.30. The van der Waals surface area contributed by atoms with E-state index in [9.17, 15) is 0 Å². The number of nitrogens with one attached hydrogen (secondary N) is 1. The number of hydrogen-bond donors (Lipinski definition) is 1. The quantitative estimate of drug-likeness (QED) is 0.763. The molecule has 15 heavy (non-hydrogen) atoms. The summed E-state index contributed by atoms with van der Waals surface area (Å²) in [4.78, 5) is 0. The van der Waals surface area contributed by atoms with Crippen LogP contribution in [0.5, 0.6) is 0 Å². The molecule has 1 aliphatic rings. The van der Waals surface area contributed by atoms with Gasteiger partial charge >= 0.3 is 0 Å². The number of benzene rings is 1. The van der Waals surface area contributed by atoms with Gasteiger partial charge in [-0.2, -0.15) is 0 Å². The lowest BCUT2D eigenvalue weighted by Gasteiger charge is -2.20.